The highest BCUT2D eigenvalue weighted by Crippen LogP contribution is 2.22. The van der Waals surface area contributed by atoms with E-state index in [9.17, 15) is 19.7 Å². The van der Waals surface area contributed by atoms with E-state index in [4.69, 9.17) is 10.5 Å². The lowest BCUT2D eigenvalue weighted by atomic mass is 10.2. The maximum absolute atomic E-state index is 12.2. The number of nitro groups is 1. The summed E-state index contributed by atoms with van der Waals surface area (Å²) in [6, 6.07) is 10.6. The molecule has 0 fully saturated rings. The second-order valence-electron chi connectivity index (χ2n) is 5.90. The number of primary amides is 1. The summed E-state index contributed by atoms with van der Waals surface area (Å²) < 4.78 is 7.56. The first-order valence-electron chi connectivity index (χ1n) is 8.14. The zero-order chi connectivity index (χ0) is 21.1. The Morgan fingerprint density at radius 2 is 1.93 bits per heavy atom. The summed E-state index contributed by atoms with van der Waals surface area (Å²) in [5.74, 6) is -0.731. The van der Waals surface area contributed by atoms with Crippen molar-refractivity contribution in [2.24, 2.45) is 5.73 Å². The number of hydrogen-bond acceptors (Lipinski definition) is 6. The number of non-ortho nitro benzene ring substituents is 1. The van der Waals surface area contributed by atoms with Crippen molar-refractivity contribution in [3.63, 3.8) is 0 Å². The number of carbonyl (C=O) groups is 2. The van der Waals surface area contributed by atoms with Crippen molar-refractivity contribution >= 4 is 46.0 Å². The Bertz CT molecular complexity index is 1110. The van der Waals surface area contributed by atoms with E-state index in [1.807, 2.05) is 25.1 Å². The van der Waals surface area contributed by atoms with Crippen molar-refractivity contribution in [2.45, 2.75) is 6.92 Å². The molecule has 10 nitrogen and oxygen atoms in total. The van der Waals surface area contributed by atoms with Crippen LogP contribution in [-0.4, -0.2) is 26.7 Å². The molecule has 148 valence electrons. The number of nitro benzene ring substituents is 1. The van der Waals surface area contributed by atoms with E-state index in [2.05, 4.69) is 33.0 Å². The van der Waals surface area contributed by atoms with Crippen LogP contribution in [0.2, 0.25) is 0 Å². The van der Waals surface area contributed by atoms with Gasteiger partial charge >= 0.3 is 6.09 Å². The number of benzene rings is 2. The summed E-state index contributed by atoms with van der Waals surface area (Å²) in [6.07, 6.45) is 0.540. The van der Waals surface area contributed by atoms with Crippen molar-refractivity contribution in [3.8, 4) is 11.4 Å². The van der Waals surface area contributed by atoms with Gasteiger partial charge in [-0.25, -0.2) is 9.48 Å². The average Bonchev–Trinajstić information content (AvgIpc) is 3.08. The normalized spacial score (nSPS) is 10.4. The number of nitrogens with one attached hydrogen (secondary N) is 1. The van der Waals surface area contributed by atoms with Crippen LogP contribution in [0.25, 0.3) is 5.69 Å². The highest BCUT2D eigenvalue weighted by Gasteiger charge is 2.18. The lowest BCUT2D eigenvalue weighted by Crippen LogP contribution is -2.20. The number of rotatable bonds is 5. The van der Waals surface area contributed by atoms with Crippen molar-refractivity contribution in [2.75, 3.05) is 5.32 Å². The van der Waals surface area contributed by atoms with Gasteiger partial charge in [-0.15, -0.1) is 0 Å². The molecule has 0 saturated heterocycles. The smallest absolute Gasteiger partial charge is 0.410 e. The van der Waals surface area contributed by atoms with Gasteiger partial charge in [-0.1, -0.05) is 0 Å². The van der Waals surface area contributed by atoms with Crippen molar-refractivity contribution in [3.05, 3.63) is 73.6 Å². The number of ether oxygens (including phenoxy) is 1. The first kappa shape index (κ1) is 20.3. The van der Waals surface area contributed by atoms with Gasteiger partial charge in [0.15, 0.2) is 5.69 Å². The summed E-state index contributed by atoms with van der Waals surface area (Å²) in [5, 5.41) is 17.2. The largest absolute Gasteiger partial charge is 0.417 e. The summed E-state index contributed by atoms with van der Waals surface area (Å²) >= 11 is 2.20. The lowest BCUT2D eigenvalue weighted by Gasteiger charge is -2.05. The molecule has 0 saturated carbocycles. The van der Waals surface area contributed by atoms with Crippen LogP contribution in [0.1, 0.15) is 16.1 Å². The van der Waals surface area contributed by atoms with Crippen molar-refractivity contribution < 1.29 is 19.2 Å². The minimum absolute atomic E-state index is 0.0700. The van der Waals surface area contributed by atoms with Crippen LogP contribution in [0.3, 0.4) is 0 Å². The predicted octanol–water partition coefficient (Wildman–Crippen LogP) is 3.40. The highest BCUT2D eigenvalue weighted by molar-refractivity contribution is 14.1. The highest BCUT2D eigenvalue weighted by atomic mass is 127. The van der Waals surface area contributed by atoms with E-state index in [1.165, 1.54) is 35.1 Å². The Morgan fingerprint density at radius 3 is 2.52 bits per heavy atom. The first-order valence-corrected chi connectivity index (χ1v) is 9.22. The van der Waals surface area contributed by atoms with Gasteiger partial charge in [-0.05, 0) is 65.4 Å². The van der Waals surface area contributed by atoms with Crippen LogP contribution in [0, 0.1) is 20.6 Å². The number of anilines is 1. The Hall–Kier alpha value is -3.48. The molecule has 1 aromatic heterocycles. The number of nitrogens with zero attached hydrogens (tertiary/aromatic N) is 3. The van der Waals surface area contributed by atoms with Gasteiger partial charge in [-0.2, -0.15) is 5.10 Å². The molecular weight excluding hydrogens is 493 g/mol. The summed E-state index contributed by atoms with van der Waals surface area (Å²) in [4.78, 5) is 34.0. The Labute approximate surface area is 177 Å². The number of carbonyl (C=O) groups excluding carboxylic acids is 2. The Kier molecular flexibility index (Phi) is 5.77. The molecule has 3 rings (SSSR count). The quantitative estimate of drug-likeness (QED) is 0.308. The van der Waals surface area contributed by atoms with Gasteiger partial charge in [0, 0.05) is 15.7 Å². The summed E-state index contributed by atoms with van der Waals surface area (Å²) in [5.41, 5.74) is 6.86. The zero-order valence-electron chi connectivity index (χ0n) is 15.0. The van der Waals surface area contributed by atoms with Crippen LogP contribution < -0.4 is 15.8 Å². The second-order valence-corrected chi connectivity index (χ2v) is 7.06. The van der Waals surface area contributed by atoms with Crippen molar-refractivity contribution in [1.82, 2.24) is 9.78 Å². The fourth-order valence-corrected chi connectivity index (χ4v) is 2.76. The first-order chi connectivity index (χ1) is 13.7. The number of halogens is 1. The second kappa shape index (κ2) is 8.26. The Morgan fingerprint density at radius 1 is 1.24 bits per heavy atom. The van der Waals surface area contributed by atoms with E-state index < -0.39 is 16.9 Å². The molecule has 0 unspecified atom stereocenters. The molecule has 29 heavy (non-hydrogen) atoms. The minimum atomic E-state index is -0.903. The zero-order valence-corrected chi connectivity index (χ0v) is 17.1. The summed E-state index contributed by atoms with van der Waals surface area (Å²) in [7, 11) is 0. The maximum Gasteiger partial charge on any atom is 0.417 e. The van der Waals surface area contributed by atoms with Gasteiger partial charge in [0.2, 0.25) is 0 Å². The van der Waals surface area contributed by atoms with Crippen LogP contribution in [0.15, 0.2) is 48.7 Å². The van der Waals surface area contributed by atoms with E-state index in [1.54, 1.807) is 0 Å². The predicted molar refractivity (Wildman–Crippen MR) is 112 cm³/mol. The molecule has 11 heteroatoms. The number of aromatic nitrogens is 2. The number of aryl methyl sites for hydroxylation is 1. The molecule has 2 aromatic carbocycles. The van der Waals surface area contributed by atoms with Crippen LogP contribution in [0.4, 0.5) is 16.2 Å². The number of nitrogens with two attached hydrogens (primary N) is 1. The molecule has 0 aliphatic carbocycles. The van der Waals surface area contributed by atoms with Crippen LogP contribution in [-0.2, 0) is 0 Å². The van der Waals surface area contributed by atoms with Gasteiger partial charge in [-0.3, -0.25) is 20.2 Å². The molecule has 0 radical (unpaired) electrons. The molecule has 0 bridgehead atoms. The molecule has 0 aliphatic rings. The number of amides is 2. The van der Waals surface area contributed by atoms with Gasteiger partial charge in [0.05, 0.1) is 22.5 Å². The van der Waals surface area contributed by atoms with Gasteiger partial charge < -0.3 is 10.5 Å². The average molecular weight is 507 g/mol. The topological polar surface area (TPSA) is 142 Å². The molecule has 3 aromatic rings. The molecule has 0 aliphatic heterocycles. The van der Waals surface area contributed by atoms with E-state index in [-0.39, 0.29) is 22.8 Å². The van der Waals surface area contributed by atoms with Gasteiger partial charge in [0.1, 0.15) is 5.75 Å². The molecule has 3 N–H and O–H groups in total. The van der Waals surface area contributed by atoms with Crippen LogP contribution >= 0.6 is 22.6 Å². The SMILES string of the molecule is Cc1cc(-n2cc(NC(=O)Oc3ccc([N+](=O)[O-])cc3)c(C(N)=O)n2)ccc1I. The third-order valence-electron chi connectivity index (χ3n) is 3.85. The lowest BCUT2D eigenvalue weighted by molar-refractivity contribution is -0.384. The minimum Gasteiger partial charge on any atom is -0.410 e. The number of hydrogen-bond donors (Lipinski definition) is 2. The third kappa shape index (κ3) is 4.68. The van der Waals surface area contributed by atoms with Crippen molar-refractivity contribution in [1.29, 1.82) is 0 Å². The summed E-state index contributed by atoms with van der Waals surface area (Å²) in [6.45, 7) is 1.94. The Balaban J connectivity index is 1.81. The van der Waals surface area contributed by atoms with Gasteiger partial charge in [0.25, 0.3) is 11.6 Å². The van der Waals surface area contributed by atoms with E-state index >= 15 is 0 Å². The molecular formula is C18H14IN5O5. The van der Waals surface area contributed by atoms with E-state index in [0.717, 1.165) is 9.13 Å². The fraction of sp³-hybridized carbons (Fsp3) is 0.0556. The van der Waals surface area contributed by atoms with Crippen LogP contribution in [0.5, 0.6) is 5.75 Å². The molecule has 2 amide bonds. The van der Waals surface area contributed by atoms with E-state index in [0.29, 0.717) is 5.69 Å². The molecule has 1 heterocycles. The third-order valence-corrected chi connectivity index (χ3v) is 5.06. The standard InChI is InChI=1S/C18H14IN5O5/c1-10-8-12(4-7-14(10)19)23-9-15(16(22-23)17(20)25)21-18(26)29-13-5-2-11(3-6-13)24(27)28/h2-9H,1H3,(H2,20,25)(H,21,26). The molecule has 0 atom stereocenters. The monoisotopic (exact) mass is 507 g/mol. The fourth-order valence-electron chi connectivity index (χ4n) is 2.43. The molecule has 0 spiro atoms. The maximum atomic E-state index is 12.2.